The van der Waals surface area contributed by atoms with Crippen molar-refractivity contribution in [1.82, 2.24) is 10.1 Å². The number of amides is 1. The number of hydrogen-bond donors (Lipinski definition) is 1. The van der Waals surface area contributed by atoms with E-state index in [1.165, 1.54) is 24.5 Å². The Hall–Kier alpha value is -3.06. The van der Waals surface area contributed by atoms with Crippen molar-refractivity contribution in [3.05, 3.63) is 71.0 Å². The molecule has 1 aromatic heterocycles. The van der Waals surface area contributed by atoms with Gasteiger partial charge in [-0.15, -0.1) is 0 Å². The lowest BCUT2D eigenvalue weighted by molar-refractivity contribution is 0.0988. The molecular weight excluding hydrogens is 364 g/mol. The Morgan fingerprint density at radius 1 is 1.14 bits per heavy atom. The third kappa shape index (κ3) is 3.07. The van der Waals surface area contributed by atoms with Crippen LogP contribution < -0.4 is 5.32 Å². The standard InChI is InChI=1S/C21H17F2N3O2/c22-13-4-7-17(23)15(8-13)19-9-20(28-25-19)21(27)24-18-3-1-2-12-10-26(11-16(12)18)14-5-6-14/h1-4,7-9,14H,5-6,10-11H2,(H,24,27). The summed E-state index contributed by atoms with van der Waals surface area (Å²) in [6, 6.07) is 10.9. The van der Waals surface area contributed by atoms with Gasteiger partial charge in [0.25, 0.3) is 5.91 Å². The summed E-state index contributed by atoms with van der Waals surface area (Å²) < 4.78 is 32.4. The fraction of sp³-hybridized carbons (Fsp3) is 0.238. The molecule has 142 valence electrons. The van der Waals surface area contributed by atoms with Crippen molar-refractivity contribution >= 4 is 11.6 Å². The Morgan fingerprint density at radius 2 is 2.00 bits per heavy atom. The first kappa shape index (κ1) is 17.1. The molecule has 0 unspecified atom stereocenters. The molecule has 5 rings (SSSR count). The van der Waals surface area contributed by atoms with Crippen molar-refractivity contribution in [3.8, 4) is 11.3 Å². The van der Waals surface area contributed by atoms with Crippen LogP contribution in [-0.4, -0.2) is 22.0 Å². The number of rotatable bonds is 4. The van der Waals surface area contributed by atoms with E-state index < -0.39 is 17.5 Å². The maximum atomic E-state index is 13.9. The Labute approximate surface area is 159 Å². The monoisotopic (exact) mass is 381 g/mol. The summed E-state index contributed by atoms with van der Waals surface area (Å²) in [6.45, 7) is 1.71. The van der Waals surface area contributed by atoms with Crippen molar-refractivity contribution < 1.29 is 18.1 Å². The molecule has 1 amide bonds. The second kappa shape index (κ2) is 6.53. The van der Waals surface area contributed by atoms with Crippen molar-refractivity contribution in [2.45, 2.75) is 32.0 Å². The van der Waals surface area contributed by atoms with E-state index >= 15 is 0 Å². The molecule has 2 aromatic carbocycles. The van der Waals surface area contributed by atoms with Gasteiger partial charge in [-0.1, -0.05) is 17.3 Å². The fourth-order valence-electron chi connectivity index (χ4n) is 3.65. The average Bonchev–Trinajstić information content (AvgIpc) is 3.25. The Morgan fingerprint density at radius 3 is 2.82 bits per heavy atom. The van der Waals surface area contributed by atoms with Crippen LogP contribution in [0.5, 0.6) is 0 Å². The average molecular weight is 381 g/mol. The highest BCUT2D eigenvalue weighted by Crippen LogP contribution is 2.37. The molecule has 1 fully saturated rings. The highest BCUT2D eigenvalue weighted by Gasteiger charge is 2.34. The minimum absolute atomic E-state index is 0.0523. The third-order valence-corrected chi connectivity index (χ3v) is 5.26. The van der Waals surface area contributed by atoms with Crippen LogP contribution in [0.15, 0.2) is 47.0 Å². The van der Waals surface area contributed by atoms with E-state index in [1.54, 1.807) is 0 Å². The maximum absolute atomic E-state index is 13.9. The molecule has 28 heavy (non-hydrogen) atoms. The number of carbonyl (C=O) groups is 1. The van der Waals surface area contributed by atoms with Crippen molar-refractivity contribution in [2.75, 3.05) is 5.32 Å². The van der Waals surface area contributed by atoms with Crippen LogP contribution in [0.3, 0.4) is 0 Å². The van der Waals surface area contributed by atoms with Gasteiger partial charge in [-0.2, -0.15) is 0 Å². The molecule has 2 aliphatic rings. The lowest BCUT2D eigenvalue weighted by Crippen LogP contribution is -2.18. The normalized spacial score (nSPS) is 16.2. The van der Waals surface area contributed by atoms with E-state index in [0.717, 1.165) is 42.5 Å². The maximum Gasteiger partial charge on any atom is 0.294 e. The summed E-state index contributed by atoms with van der Waals surface area (Å²) in [5.74, 6) is -1.77. The number of nitrogens with zero attached hydrogens (tertiary/aromatic N) is 2. The van der Waals surface area contributed by atoms with Gasteiger partial charge in [0.2, 0.25) is 5.76 Å². The molecule has 1 saturated carbocycles. The van der Waals surface area contributed by atoms with E-state index in [-0.39, 0.29) is 17.0 Å². The largest absolute Gasteiger partial charge is 0.350 e. The number of nitrogens with one attached hydrogen (secondary N) is 1. The molecular formula is C21H17F2N3O2. The molecule has 2 heterocycles. The number of hydrogen-bond acceptors (Lipinski definition) is 4. The van der Waals surface area contributed by atoms with Crippen LogP contribution in [0.1, 0.15) is 34.5 Å². The van der Waals surface area contributed by atoms with Crippen molar-refractivity contribution in [3.63, 3.8) is 0 Å². The molecule has 0 atom stereocenters. The third-order valence-electron chi connectivity index (χ3n) is 5.26. The second-order valence-corrected chi connectivity index (χ2v) is 7.23. The molecule has 5 nitrogen and oxygen atoms in total. The van der Waals surface area contributed by atoms with Crippen LogP contribution in [0.2, 0.25) is 0 Å². The summed E-state index contributed by atoms with van der Waals surface area (Å²) in [7, 11) is 0. The Kier molecular flexibility index (Phi) is 3.98. The minimum atomic E-state index is -0.636. The van der Waals surface area contributed by atoms with Crippen molar-refractivity contribution in [1.29, 1.82) is 0 Å². The molecule has 0 spiro atoms. The Balaban J connectivity index is 1.37. The van der Waals surface area contributed by atoms with Gasteiger partial charge >= 0.3 is 0 Å². The summed E-state index contributed by atoms with van der Waals surface area (Å²) in [5, 5.41) is 6.58. The van der Waals surface area contributed by atoms with Gasteiger partial charge in [-0.25, -0.2) is 8.78 Å². The van der Waals surface area contributed by atoms with Gasteiger partial charge in [0.05, 0.1) is 0 Å². The highest BCUT2D eigenvalue weighted by molar-refractivity contribution is 6.03. The van der Waals surface area contributed by atoms with Crippen molar-refractivity contribution in [2.24, 2.45) is 0 Å². The van der Waals surface area contributed by atoms with Gasteiger partial charge in [-0.3, -0.25) is 9.69 Å². The topological polar surface area (TPSA) is 58.4 Å². The minimum Gasteiger partial charge on any atom is -0.350 e. The van der Waals surface area contributed by atoms with Crippen LogP contribution in [0.25, 0.3) is 11.3 Å². The zero-order valence-electron chi connectivity index (χ0n) is 14.9. The van der Waals surface area contributed by atoms with E-state index in [1.807, 2.05) is 12.1 Å². The number of carbonyl (C=O) groups excluding carboxylic acids is 1. The number of benzene rings is 2. The van der Waals surface area contributed by atoms with Gasteiger partial charge in [0.1, 0.15) is 17.3 Å². The lowest BCUT2D eigenvalue weighted by Gasteiger charge is -2.13. The second-order valence-electron chi connectivity index (χ2n) is 7.23. The van der Waals surface area contributed by atoms with Crippen LogP contribution in [-0.2, 0) is 13.1 Å². The molecule has 3 aromatic rings. The van der Waals surface area contributed by atoms with Gasteiger partial charge in [0.15, 0.2) is 0 Å². The summed E-state index contributed by atoms with van der Waals surface area (Å²) in [4.78, 5) is 15.0. The van der Waals surface area contributed by atoms with Crippen LogP contribution in [0.4, 0.5) is 14.5 Å². The number of aromatic nitrogens is 1. The Bertz CT molecular complexity index is 1080. The molecule has 1 aliphatic carbocycles. The molecule has 1 aliphatic heterocycles. The van der Waals surface area contributed by atoms with E-state index in [9.17, 15) is 13.6 Å². The van der Waals surface area contributed by atoms with Crippen LogP contribution >= 0.6 is 0 Å². The SMILES string of the molecule is O=C(Nc1cccc2c1CN(C1CC1)C2)c1cc(-c2cc(F)ccc2F)no1. The first-order valence-electron chi connectivity index (χ1n) is 9.17. The highest BCUT2D eigenvalue weighted by atomic mass is 19.1. The predicted molar refractivity (Wildman–Crippen MR) is 98.5 cm³/mol. The zero-order valence-corrected chi connectivity index (χ0v) is 14.9. The first-order valence-corrected chi connectivity index (χ1v) is 9.17. The van der Waals surface area contributed by atoms with E-state index in [4.69, 9.17) is 4.52 Å². The smallest absolute Gasteiger partial charge is 0.294 e. The first-order chi connectivity index (χ1) is 13.6. The zero-order chi connectivity index (χ0) is 19.3. The molecule has 7 heteroatoms. The lowest BCUT2D eigenvalue weighted by atomic mass is 10.1. The number of halogens is 2. The van der Waals surface area contributed by atoms with Gasteiger partial charge in [0, 0.05) is 36.4 Å². The quantitative estimate of drug-likeness (QED) is 0.730. The van der Waals surface area contributed by atoms with Gasteiger partial charge in [-0.05, 0) is 48.2 Å². The number of anilines is 1. The summed E-state index contributed by atoms with van der Waals surface area (Å²) >= 11 is 0. The van der Waals surface area contributed by atoms with E-state index in [2.05, 4.69) is 21.4 Å². The van der Waals surface area contributed by atoms with Gasteiger partial charge < -0.3 is 9.84 Å². The molecule has 0 saturated heterocycles. The molecule has 0 radical (unpaired) electrons. The summed E-state index contributed by atoms with van der Waals surface area (Å²) in [5.41, 5.74) is 3.08. The predicted octanol–water partition coefficient (Wildman–Crippen LogP) is 4.35. The number of fused-ring (bicyclic) bond motifs is 1. The fourth-order valence-corrected chi connectivity index (χ4v) is 3.65. The molecule has 0 bridgehead atoms. The summed E-state index contributed by atoms with van der Waals surface area (Å²) in [6.07, 6.45) is 2.46. The molecule has 1 N–H and O–H groups in total. The van der Waals surface area contributed by atoms with E-state index in [0.29, 0.717) is 6.04 Å². The van der Waals surface area contributed by atoms with Crippen LogP contribution in [0, 0.1) is 11.6 Å².